The van der Waals surface area contributed by atoms with Gasteiger partial charge in [-0.1, -0.05) is 25.8 Å². The largest absolute Gasteiger partial charge is 0.389 e. The Hall–Kier alpha value is -0.340. The Kier molecular flexibility index (Phi) is 7.52. The van der Waals surface area contributed by atoms with Gasteiger partial charge in [-0.2, -0.15) is 0 Å². The van der Waals surface area contributed by atoms with Crippen LogP contribution in [0.1, 0.15) is 58.3 Å². The summed E-state index contributed by atoms with van der Waals surface area (Å²) in [7, 11) is 0. The molecule has 1 aliphatic carbocycles. The Balaban J connectivity index is 2.24. The molecular formula is C14H26O2. The fourth-order valence-corrected chi connectivity index (χ4v) is 2.15. The van der Waals surface area contributed by atoms with Crippen LogP contribution in [0.3, 0.4) is 0 Å². The van der Waals surface area contributed by atoms with Crippen LogP contribution < -0.4 is 0 Å². The van der Waals surface area contributed by atoms with Gasteiger partial charge in [-0.25, -0.2) is 0 Å². The monoisotopic (exact) mass is 226 g/mol. The molecule has 0 aromatic heterocycles. The van der Waals surface area contributed by atoms with Crippen molar-refractivity contribution >= 4 is 0 Å². The van der Waals surface area contributed by atoms with Gasteiger partial charge in [0.1, 0.15) is 0 Å². The summed E-state index contributed by atoms with van der Waals surface area (Å²) in [6.07, 6.45) is 11.2. The van der Waals surface area contributed by atoms with E-state index in [1.165, 1.54) is 31.3 Å². The molecule has 0 radical (unpaired) electrons. The molecule has 1 N–H and O–H groups in total. The van der Waals surface area contributed by atoms with Crippen molar-refractivity contribution in [1.82, 2.24) is 0 Å². The van der Waals surface area contributed by atoms with Crippen LogP contribution in [-0.4, -0.2) is 24.4 Å². The molecule has 0 amide bonds. The van der Waals surface area contributed by atoms with Gasteiger partial charge >= 0.3 is 0 Å². The summed E-state index contributed by atoms with van der Waals surface area (Å²) in [5.74, 6) is 0. The third-order valence-electron chi connectivity index (χ3n) is 3.14. The first kappa shape index (κ1) is 13.7. The maximum Gasteiger partial charge on any atom is 0.0772 e. The van der Waals surface area contributed by atoms with E-state index >= 15 is 0 Å². The first-order valence-electron chi connectivity index (χ1n) is 6.79. The lowest BCUT2D eigenvalue weighted by molar-refractivity contribution is 0.0938. The zero-order valence-corrected chi connectivity index (χ0v) is 10.6. The summed E-state index contributed by atoms with van der Waals surface area (Å²) in [6, 6.07) is 0. The Morgan fingerprint density at radius 2 is 2.06 bits per heavy atom. The minimum atomic E-state index is -0.269. The molecule has 0 saturated heterocycles. The van der Waals surface area contributed by atoms with Crippen molar-refractivity contribution in [2.75, 3.05) is 13.2 Å². The van der Waals surface area contributed by atoms with E-state index in [4.69, 9.17) is 4.74 Å². The molecule has 0 spiro atoms. The van der Waals surface area contributed by atoms with Crippen molar-refractivity contribution in [3.63, 3.8) is 0 Å². The molecular weight excluding hydrogens is 200 g/mol. The molecule has 0 aromatic carbocycles. The van der Waals surface area contributed by atoms with Crippen molar-refractivity contribution in [3.05, 3.63) is 11.6 Å². The fraction of sp³-hybridized carbons (Fsp3) is 0.857. The predicted molar refractivity (Wildman–Crippen MR) is 67.5 cm³/mol. The third kappa shape index (κ3) is 5.66. The van der Waals surface area contributed by atoms with Crippen LogP contribution in [0.25, 0.3) is 0 Å². The van der Waals surface area contributed by atoms with Gasteiger partial charge in [-0.3, -0.25) is 0 Å². The lowest BCUT2D eigenvalue weighted by atomic mass is 9.95. The van der Waals surface area contributed by atoms with E-state index in [1.54, 1.807) is 0 Å². The van der Waals surface area contributed by atoms with E-state index in [-0.39, 0.29) is 6.10 Å². The average molecular weight is 226 g/mol. The average Bonchev–Trinajstić information content (AvgIpc) is 2.23. The summed E-state index contributed by atoms with van der Waals surface area (Å²) in [5, 5.41) is 10.0. The highest BCUT2D eigenvalue weighted by molar-refractivity contribution is 5.08. The van der Waals surface area contributed by atoms with Gasteiger partial charge in [0.25, 0.3) is 0 Å². The molecule has 2 nitrogen and oxygen atoms in total. The second kappa shape index (κ2) is 8.77. The van der Waals surface area contributed by atoms with Crippen LogP contribution in [0.2, 0.25) is 0 Å². The maximum atomic E-state index is 10.0. The molecule has 1 aliphatic rings. The molecule has 1 atom stereocenters. The molecule has 2 heteroatoms. The number of hydrogen-bond acceptors (Lipinski definition) is 2. The van der Waals surface area contributed by atoms with Crippen LogP contribution in [-0.2, 0) is 4.74 Å². The van der Waals surface area contributed by atoms with Gasteiger partial charge in [0, 0.05) is 19.6 Å². The van der Waals surface area contributed by atoms with Crippen LogP contribution in [0.4, 0.5) is 0 Å². The lowest BCUT2D eigenvalue weighted by Crippen LogP contribution is -2.14. The van der Waals surface area contributed by atoms with Crippen LogP contribution in [0.15, 0.2) is 11.6 Å². The predicted octanol–water partition coefficient (Wildman–Crippen LogP) is 3.44. The molecule has 1 unspecified atom stereocenters. The number of rotatable bonds is 6. The maximum absolute atomic E-state index is 10.0. The zero-order valence-electron chi connectivity index (χ0n) is 10.6. The van der Waals surface area contributed by atoms with E-state index in [9.17, 15) is 5.11 Å². The Morgan fingerprint density at radius 1 is 1.25 bits per heavy atom. The van der Waals surface area contributed by atoms with E-state index in [0.29, 0.717) is 6.61 Å². The standard InChI is InChI=1S/C14H26O2/c1-2-11-16-12-10-14(15)13-8-6-4-3-5-7-9-13/h8,14-15H,2-7,9-12H2,1H3. The second-order valence-electron chi connectivity index (χ2n) is 4.65. The SMILES string of the molecule is CCCOCCC(O)C1=CCCCCCC1. The first-order chi connectivity index (χ1) is 7.84. The summed E-state index contributed by atoms with van der Waals surface area (Å²) in [5.41, 5.74) is 1.25. The zero-order chi connectivity index (χ0) is 11.6. The molecule has 0 aliphatic heterocycles. The Labute approximate surface area is 99.7 Å². The Morgan fingerprint density at radius 3 is 2.88 bits per heavy atom. The summed E-state index contributed by atoms with van der Waals surface area (Å²) in [6.45, 7) is 3.60. The molecule has 0 saturated carbocycles. The van der Waals surface area contributed by atoms with Gasteiger partial charge < -0.3 is 9.84 Å². The number of aliphatic hydroxyl groups excluding tert-OH is 1. The molecule has 16 heavy (non-hydrogen) atoms. The van der Waals surface area contributed by atoms with Crippen LogP contribution in [0.5, 0.6) is 0 Å². The minimum absolute atomic E-state index is 0.269. The van der Waals surface area contributed by atoms with Gasteiger partial charge in [-0.05, 0) is 37.7 Å². The molecule has 0 aromatic rings. The van der Waals surface area contributed by atoms with E-state index in [1.807, 2.05) is 0 Å². The number of allylic oxidation sites excluding steroid dienone is 1. The van der Waals surface area contributed by atoms with Crippen LogP contribution in [0, 0.1) is 0 Å². The van der Waals surface area contributed by atoms with Gasteiger partial charge in [0.2, 0.25) is 0 Å². The second-order valence-corrected chi connectivity index (χ2v) is 4.65. The summed E-state index contributed by atoms with van der Waals surface area (Å²) >= 11 is 0. The van der Waals surface area contributed by atoms with Crippen molar-refractivity contribution in [1.29, 1.82) is 0 Å². The van der Waals surface area contributed by atoms with E-state index in [0.717, 1.165) is 32.3 Å². The van der Waals surface area contributed by atoms with E-state index in [2.05, 4.69) is 13.0 Å². The highest BCUT2D eigenvalue weighted by Crippen LogP contribution is 2.20. The normalized spacial score (nSPS) is 19.8. The topological polar surface area (TPSA) is 29.5 Å². The molecule has 1 rings (SSSR count). The smallest absolute Gasteiger partial charge is 0.0772 e. The molecule has 0 heterocycles. The van der Waals surface area contributed by atoms with Crippen molar-refractivity contribution < 1.29 is 9.84 Å². The highest BCUT2D eigenvalue weighted by Gasteiger charge is 2.11. The van der Waals surface area contributed by atoms with Crippen molar-refractivity contribution in [3.8, 4) is 0 Å². The van der Waals surface area contributed by atoms with Gasteiger partial charge in [0.05, 0.1) is 6.10 Å². The molecule has 0 fully saturated rings. The van der Waals surface area contributed by atoms with Gasteiger partial charge in [0.15, 0.2) is 0 Å². The molecule has 0 bridgehead atoms. The summed E-state index contributed by atoms with van der Waals surface area (Å²) in [4.78, 5) is 0. The third-order valence-corrected chi connectivity index (χ3v) is 3.14. The first-order valence-corrected chi connectivity index (χ1v) is 6.79. The molecule has 94 valence electrons. The number of ether oxygens (including phenoxy) is 1. The summed E-state index contributed by atoms with van der Waals surface area (Å²) < 4.78 is 5.41. The number of aliphatic hydroxyl groups is 1. The van der Waals surface area contributed by atoms with Gasteiger partial charge in [-0.15, -0.1) is 0 Å². The van der Waals surface area contributed by atoms with Crippen molar-refractivity contribution in [2.24, 2.45) is 0 Å². The van der Waals surface area contributed by atoms with Crippen LogP contribution >= 0.6 is 0 Å². The van der Waals surface area contributed by atoms with E-state index < -0.39 is 0 Å². The lowest BCUT2D eigenvalue weighted by Gasteiger charge is -2.17. The highest BCUT2D eigenvalue weighted by atomic mass is 16.5. The number of hydrogen-bond donors (Lipinski definition) is 1. The fourth-order valence-electron chi connectivity index (χ4n) is 2.15. The van der Waals surface area contributed by atoms with Crippen molar-refractivity contribution in [2.45, 2.75) is 64.4 Å². The quantitative estimate of drug-likeness (QED) is 0.555. The minimum Gasteiger partial charge on any atom is -0.389 e. The Bertz CT molecular complexity index is 199.